The number of nitrogens with zero attached hydrogens (tertiary/aromatic N) is 4. The van der Waals surface area contributed by atoms with Crippen LogP contribution in [0, 0.1) is 12.8 Å². The van der Waals surface area contributed by atoms with Gasteiger partial charge >= 0.3 is 0 Å². The quantitative estimate of drug-likeness (QED) is 0.484. The second kappa shape index (κ2) is 7.83. The van der Waals surface area contributed by atoms with Gasteiger partial charge in [-0.2, -0.15) is 0 Å². The molecule has 0 fully saturated rings. The Hall–Kier alpha value is -3.48. The van der Waals surface area contributed by atoms with Crippen LogP contribution in [0.5, 0.6) is 0 Å². The number of benzene rings is 2. The maximum atomic E-state index is 13.6. The highest BCUT2D eigenvalue weighted by molar-refractivity contribution is 5.97. The first-order chi connectivity index (χ1) is 15.8. The first-order valence-corrected chi connectivity index (χ1v) is 11.5. The Kier molecular flexibility index (Phi) is 5.07. The predicted molar refractivity (Wildman–Crippen MR) is 127 cm³/mol. The Balaban J connectivity index is 1.49. The summed E-state index contributed by atoms with van der Waals surface area (Å²) in [7, 11) is 0. The summed E-state index contributed by atoms with van der Waals surface area (Å²) in [6.07, 6.45) is 2.47. The van der Waals surface area contributed by atoms with E-state index >= 15 is 0 Å². The lowest BCUT2D eigenvalue weighted by molar-refractivity contribution is 0.0544. The minimum atomic E-state index is -0.135. The monoisotopic (exact) mass is 443 g/mol. The second-order valence-electron chi connectivity index (χ2n) is 9.51. The number of likely N-dealkylation sites (N-methyl/N-ethyl adjacent to an activating group) is 1. The van der Waals surface area contributed by atoms with Crippen molar-refractivity contribution in [3.05, 3.63) is 65.3 Å². The molecule has 2 aromatic heterocycles. The second-order valence-corrected chi connectivity index (χ2v) is 9.51. The van der Waals surface area contributed by atoms with E-state index in [4.69, 9.17) is 4.42 Å². The van der Waals surface area contributed by atoms with Crippen molar-refractivity contribution in [1.29, 1.82) is 0 Å². The Morgan fingerprint density at radius 2 is 2.03 bits per heavy atom. The van der Waals surface area contributed by atoms with Gasteiger partial charge in [-0.15, -0.1) is 10.2 Å². The fraction of sp³-hybridized carbons (Fsp3) is 0.385. The third-order valence-electron chi connectivity index (χ3n) is 7.39. The summed E-state index contributed by atoms with van der Waals surface area (Å²) >= 11 is 0. The van der Waals surface area contributed by atoms with Gasteiger partial charge in [0.25, 0.3) is 5.91 Å². The number of H-pyrrole nitrogens is 1. The molecule has 1 N–H and O–H groups in total. The molecule has 0 spiro atoms. The zero-order valence-corrected chi connectivity index (χ0v) is 19.7. The van der Waals surface area contributed by atoms with Crippen LogP contribution in [0.4, 0.5) is 0 Å². The average Bonchev–Trinajstić information content (AvgIpc) is 3.45. The van der Waals surface area contributed by atoms with Gasteiger partial charge in [0.05, 0.1) is 17.4 Å². The summed E-state index contributed by atoms with van der Waals surface area (Å²) in [6.45, 7) is 11.3. The number of aromatic amines is 1. The van der Waals surface area contributed by atoms with E-state index in [9.17, 15) is 4.79 Å². The number of rotatable bonds is 4. The molecule has 0 radical (unpaired) electrons. The topological polar surface area (TPSA) is 87.9 Å². The smallest absolute Gasteiger partial charge is 0.254 e. The molecule has 7 heteroatoms. The Morgan fingerprint density at radius 1 is 1.21 bits per heavy atom. The van der Waals surface area contributed by atoms with Gasteiger partial charge in [-0.25, -0.2) is 4.98 Å². The summed E-state index contributed by atoms with van der Waals surface area (Å²) in [5.74, 6) is 1.41. The molecule has 2 heterocycles. The Morgan fingerprint density at radius 3 is 2.76 bits per heavy atom. The van der Waals surface area contributed by atoms with E-state index in [0.717, 1.165) is 23.0 Å². The van der Waals surface area contributed by atoms with Gasteiger partial charge < -0.3 is 14.3 Å². The van der Waals surface area contributed by atoms with Gasteiger partial charge in [-0.05, 0) is 66.1 Å². The number of carbonyl (C=O) groups is 1. The van der Waals surface area contributed by atoms with Gasteiger partial charge in [-0.1, -0.05) is 26.8 Å². The molecule has 2 atom stereocenters. The lowest BCUT2D eigenvalue weighted by atomic mass is 9.63. The standard InChI is InChI=1S/C26H29N5O2/c1-6-31(25(32)19-9-10-21-22(12-19)28-14-27-21)23-13-17-7-8-18(24-30-29-16(3)33-24)11-20(17)26(4,5)15(23)2/h7-12,14-15,23H,6,13H2,1-5H3,(H,27,28)/t15-,23-/m1/s1. The zero-order chi connectivity index (χ0) is 23.3. The van der Waals surface area contributed by atoms with Crippen LogP contribution in [0.1, 0.15) is 55.1 Å². The average molecular weight is 444 g/mol. The minimum absolute atomic E-state index is 0.0584. The summed E-state index contributed by atoms with van der Waals surface area (Å²) in [6, 6.07) is 12.1. The molecule has 1 amide bonds. The van der Waals surface area contributed by atoms with Gasteiger partial charge in [-0.3, -0.25) is 4.79 Å². The summed E-state index contributed by atoms with van der Waals surface area (Å²) in [5, 5.41) is 8.16. The van der Waals surface area contributed by atoms with Crippen LogP contribution in [0.15, 0.2) is 47.1 Å². The lowest BCUT2D eigenvalue weighted by Crippen LogP contribution is -2.52. The van der Waals surface area contributed by atoms with Gasteiger partial charge in [0.2, 0.25) is 11.8 Å². The Labute approximate surface area is 193 Å². The molecule has 0 unspecified atom stereocenters. The number of fused-ring (bicyclic) bond motifs is 2. The number of hydrogen-bond donors (Lipinski definition) is 1. The fourth-order valence-electron chi connectivity index (χ4n) is 5.17. The molecular weight excluding hydrogens is 414 g/mol. The molecular formula is C26H29N5O2. The number of hydrogen-bond acceptors (Lipinski definition) is 5. The maximum Gasteiger partial charge on any atom is 0.254 e. The first-order valence-electron chi connectivity index (χ1n) is 11.5. The highest BCUT2D eigenvalue weighted by Crippen LogP contribution is 2.44. The zero-order valence-electron chi connectivity index (χ0n) is 19.7. The summed E-state index contributed by atoms with van der Waals surface area (Å²) < 4.78 is 5.66. The molecule has 1 aliphatic carbocycles. The van der Waals surface area contributed by atoms with Crippen LogP contribution >= 0.6 is 0 Å². The molecule has 7 nitrogen and oxygen atoms in total. The van der Waals surface area contributed by atoms with E-state index in [2.05, 4.69) is 60.0 Å². The van der Waals surface area contributed by atoms with Crippen molar-refractivity contribution in [3.63, 3.8) is 0 Å². The van der Waals surface area contributed by atoms with Crippen molar-refractivity contribution in [2.24, 2.45) is 5.92 Å². The molecule has 170 valence electrons. The highest BCUT2D eigenvalue weighted by atomic mass is 16.4. The summed E-state index contributed by atoms with van der Waals surface area (Å²) in [4.78, 5) is 23.0. The van der Waals surface area contributed by atoms with E-state index in [1.54, 1.807) is 13.3 Å². The van der Waals surface area contributed by atoms with Crippen LogP contribution in [0.3, 0.4) is 0 Å². The number of carbonyl (C=O) groups excluding carboxylic acids is 1. The third-order valence-corrected chi connectivity index (χ3v) is 7.39. The molecule has 0 saturated heterocycles. The van der Waals surface area contributed by atoms with E-state index < -0.39 is 0 Å². The predicted octanol–water partition coefficient (Wildman–Crippen LogP) is 4.92. The van der Waals surface area contributed by atoms with E-state index in [1.165, 1.54) is 11.1 Å². The van der Waals surface area contributed by atoms with E-state index in [0.29, 0.717) is 23.9 Å². The van der Waals surface area contributed by atoms with Gasteiger partial charge in [0.1, 0.15) is 0 Å². The molecule has 0 aliphatic heterocycles. The van der Waals surface area contributed by atoms with Crippen molar-refractivity contribution >= 4 is 16.9 Å². The Bertz CT molecular complexity index is 1340. The number of aromatic nitrogens is 4. The molecule has 4 aromatic rings. The number of amides is 1. The lowest BCUT2D eigenvalue weighted by Gasteiger charge is -2.48. The third kappa shape index (κ3) is 3.52. The van der Waals surface area contributed by atoms with Crippen LogP contribution < -0.4 is 0 Å². The molecule has 5 rings (SSSR count). The van der Waals surface area contributed by atoms with Crippen molar-refractivity contribution in [3.8, 4) is 11.5 Å². The van der Waals surface area contributed by atoms with Crippen molar-refractivity contribution < 1.29 is 9.21 Å². The largest absolute Gasteiger partial charge is 0.421 e. The molecule has 33 heavy (non-hydrogen) atoms. The maximum absolute atomic E-state index is 13.6. The van der Waals surface area contributed by atoms with Crippen LogP contribution in [-0.4, -0.2) is 43.6 Å². The van der Waals surface area contributed by atoms with Gasteiger partial charge in [0, 0.05) is 30.6 Å². The van der Waals surface area contributed by atoms with E-state index in [-0.39, 0.29) is 23.3 Å². The van der Waals surface area contributed by atoms with Crippen molar-refractivity contribution in [2.75, 3.05) is 6.54 Å². The molecule has 0 saturated carbocycles. The SMILES string of the molecule is CCN(C(=O)c1ccc2nc[nH]c2c1)[C@@H]1Cc2ccc(-c3nnc(C)o3)cc2C(C)(C)[C@@H]1C. The number of imidazole rings is 1. The number of aryl methyl sites for hydroxylation is 1. The van der Waals surface area contributed by atoms with Crippen molar-refractivity contribution in [1.82, 2.24) is 25.1 Å². The van der Waals surface area contributed by atoms with Crippen LogP contribution in [-0.2, 0) is 11.8 Å². The summed E-state index contributed by atoms with van der Waals surface area (Å²) in [5.41, 5.74) is 5.77. The van der Waals surface area contributed by atoms with E-state index in [1.807, 2.05) is 29.2 Å². The van der Waals surface area contributed by atoms with Crippen molar-refractivity contribution in [2.45, 2.75) is 52.5 Å². The minimum Gasteiger partial charge on any atom is -0.421 e. The normalized spacial score (nSPS) is 19.4. The molecule has 1 aliphatic rings. The number of nitrogens with one attached hydrogen (secondary N) is 1. The highest BCUT2D eigenvalue weighted by Gasteiger charge is 2.43. The van der Waals surface area contributed by atoms with Crippen LogP contribution in [0.2, 0.25) is 0 Å². The van der Waals surface area contributed by atoms with Gasteiger partial charge in [0.15, 0.2) is 0 Å². The molecule has 2 aromatic carbocycles. The van der Waals surface area contributed by atoms with Crippen LogP contribution in [0.25, 0.3) is 22.5 Å². The molecule has 0 bridgehead atoms. The fourth-order valence-corrected chi connectivity index (χ4v) is 5.17. The first kappa shape index (κ1) is 21.4.